The third-order valence-electron chi connectivity index (χ3n) is 3.25. The van der Waals surface area contributed by atoms with Crippen molar-refractivity contribution in [1.29, 1.82) is 0 Å². The molecule has 1 aromatic heterocycles. The Morgan fingerprint density at radius 2 is 1.87 bits per heavy atom. The fourth-order valence-electron chi connectivity index (χ4n) is 1.97. The van der Waals surface area contributed by atoms with Crippen LogP contribution in [0, 0.1) is 13.8 Å². The zero-order valence-corrected chi connectivity index (χ0v) is 13.4. The number of nitrogens with one attached hydrogen (secondary N) is 1. The van der Waals surface area contributed by atoms with Crippen LogP contribution >= 0.6 is 0 Å². The SMILES string of the molecule is COc1ccc(NC(=O)[C@@H](C)OC(=O)c2c(C)noc2C)cc1. The minimum atomic E-state index is -0.960. The van der Waals surface area contributed by atoms with E-state index in [0.29, 0.717) is 22.9 Å². The van der Waals surface area contributed by atoms with Crippen LogP contribution in [0.15, 0.2) is 28.8 Å². The van der Waals surface area contributed by atoms with Crippen molar-refractivity contribution >= 4 is 17.6 Å². The summed E-state index contributed by atoms with van der Waals surface area (Å²) in [4.78, 5) is 24.2. The third kappa shape index (κ3) is 3.88. The number of nitrogens with zero attached hydrogens (tertiary/aromatic N) is 1. The zero-order valence-electron chi connectivity index (χ0n) is 13.4. The molecule has 7 heteroatoms. The summed E-state index contributed by atoms with van der Waals surface area (Å²) in [6.07, 6.45) is -0.960. The smallest absolute Gasteiger partial charge is 0.344 e. The van der Waals surface area contributed by atoms with Crippen LogP contribution in [0.1, 0.15) is 28.7 Å². The lowest BCUT2D eigenvalue weighted by Crippen LogP contribution is -2.30. The van der Waals surface area contributed by atoms with Gasteiger partial charge in [0.15, 0.2) is 6.10 Å². The highest BCUT2D eigenvalue weighted by molar-refractivity contribution is 5.98. The second-order valence-electron chi connectivity index (χ2n) is 4.96. The quantitative estimate of drug-likeness (QED) is 0.852. The molecule has 1 N–H and O–H groups in total. The molecule has 0 radical (unpaired) electrons. The highest BCUT2D eigenvalue weighted by Crippen LogP contribution is 2.17. The van der Waals surface area contributed by atoms with Gasteiger partial charge in [-0.05, 0) is 45.0 Å². The number of benzene rings is 1. The molecule has 0 aliphatic rings. The summed E-state index contributed by atoms with van der Waals surface area (Å²) in [6, 6.07) is 6.82. The average Bonchev–Trinajstić information content (AvgIpc) is 2.86. The first-order valence-corrected chi connectivity index (χ1v) is 7.01. The monoisotopic (exact) mass is 318 g/mol. The lowest BCUT2D eigenvalue weighted by molar-refractivity contribution is -0.123. The van der Waals surface area contributed by atoms with Crippen molar-refractivity contribution in [3.05, 3.63) is 41.3 Å². The summed E-state index contributed by atoms with van der Waals surface area (Å²) in [6.45, 7) is 4.74. The molecule has 0 saturated heterocycles. The number of esters is 1. The molecule has 2 aromatic rings. The first-order valence-electron chi connectivity index (χ1n) is 7.01. The summed E-state index contributed by atoms with van der Waals surface area (Å²) < 4.78 is 15.1. The first-order chi connectivity index (χ1) is 10.9. The second kappa shape index (κ2) is 6.95. The van der Waals surface area contributed by atoms with Crippen molar-refractivity contribution in [3.63, 3.8) is 0 Å². The number of carbonyl (C=O) groups excluding carboxylic acids is 2. The van der Waals surface area contributed by atoms with Gasteiger partial charge in [-0.3, -0.25) is 4.79 Å². The Bertz CT molecular complexity index is 686. The van der Waals surface area contributed by atoms with Crippen molar-refractivity contribution in [2.45, 2.75) is 26.9 Å². The molecule has 0 aliphatic carbocycles. The number of aromatic nitrogens is 1. The van der Waals surface area contributed by atoms with Gasteiger partial charge in [-0.1, -0.05) is 5.16 Å². The van der Waals surface area contributed by atoms with Crippen LogP contribution in [0.2, 0.25) is 0 Å². The maximum atomic E-state index is 12.1. The molecule has 1 aromatic carbocycles. The molecule has 1 amide bonds. The molecule has 0 fully saturated rings. The van der Waals surface area contributed by atoms with E-state index in [1.54, 1.807) is 45.2 Å². The standard InChI is InChI=1S/C16H18N2O5/c1-9-14(10(2)23-18-9)16(20)22-11(3)15(19)17-12-5-7-13(21-4)8-6-12/h5-8,11H,1-4H3,(H,17,19)/t11-/m1/s1. The van der Waals surface area contributed by atoms with Gasteiger partial charge in [0.2, 0.25) is 0 Å². The minimum Gasteiger partial charge on any atom is -0.497 e. The lowest BCUT2D eigenvalue weighted by atomic mass is 10.2. The average molecular weight is 318 g/mol. The Balaban J connectivity index is 1.98. The molecule has 0 aliphatic heterocycles. The van der Waals surface area contributed by atoms with Gasteiger partial charge in [0.05, 0.1) is 12.8 Å². The fourth-order valence-corrected chi connectivity index (χ4v) is 1.97. The number of amides is 1. The largest absolute Gasteiger partial charge is 0.497 e. The lowest BCUT2D eigenvalue weighted by Gasteiger charge is -2.13. The summed E-state index contributed by atoms with van der Waals surface area (Å²) in [5.74, 6) is -0.0370. The van der Waals surface area contributed by atoms with Gasteiger partial charge in [0, 0.05) is 5.69 Å². The number of methoxy groups -OCH3 is 1. The second-order valence-corrected chi connectivity index (χ2v) is 4.96. The maximum Gasteiger partial charge on any atom is 0.344 e. The number of aryl methyl sites for hydroxylation is 2. The molecule has 122 valence electrons. The maximum absolute atomic E-state index is 12.1. The van der Waals surface area contributed by atoms with E-state index >= 15 is 0 Å². The molecule has 0 spiro atoms. The van der Waals surface area contributed by atoms with Gasteiger partial charge in [0.1, 0.15) is 17.1 Å². The molecular formula is C16H18N2O5. The number of anilines is 1. The van der Waals surface area contributed by atoms with E-state index < -0.39 is 18.0 Å². The molecule has 1 heterocycles. The van der Waals surface area contributed by atoms with Gasteiger partial charge in [-0.2, -0.15) is 0 Å². The van der Waals surface area contributed by atoms with Gasteiger partial charge in [-0.15, -0.1) is 0 Å². The molecule has 1 atom stereocenters. The van der Waals surface area contributed by atoms with E-state index in [4.69, 9.17) is 14.0 Å². The first kappa shape index (κ1) is 16.5. The Labute approximate surface area is 133 Å². The normalized spacial score (nSPS) is 11.7. The Morgan fingerprint density at radius 1 is 1.22 bits per heavy atom. The molecule has 0 saturated carbocycles. The molecule has 7 nitrogen and oxygen atoms in total. The van der Waals surface area contributed by atoms with Crippen molar-refractivity contribution in [1.82, 2.24) is 5.16 Å². The van der Waals surface area contributed by atoms with Crippen LogP contribution in [0.25, 0.3) is 0 Å². The van der Waals surface area contributed by atoms with E-state index in [1.807, 2.05) is 0 Å². The molecule has 23 heavy (non-hydrogen) atoms. The van der Waals surface area contributed by atoms with Crippen LogP contribution in [-0.2, 0) is 9.53 Å². The van der Waals surface area contributed by atoms with E-state index in [2.05, 4.69) is 10.5 Å². The molecular weight excluding hydrogens is 300 g/mol. The van der Waals surface area contributed by atoms with Crippen molar-refractivity contribution in [3.8, 4) is 5.75 Å². The molecule has 0 bridgehead atoms. The van der Waals surface area contributed by atoms with Crippen molar-refractivity contribution < 1.29 is 23.6 Å². The summed E-state index contributed by atoms with van der Waals surface area (Å²) >= 11 is 0. The fraction of sp³-hybridized carbons (Fsp3) is 0.312. The third-order valence-corrected chi connectivity index (χ3v) is 3.25. The summed E-state index contributed by atoms with van der Waals surface area (Å²) in [5.41, 5.74) is 1.25. The number of rotatable bonds is 5. The highest BCUT2D eigenvalue weighted by Gasteiger charge is 2.24. The van der Waals surface area contributed by atoms with Crippen LogP contribution in [0.5, 0.6) is 5.75 Å². The van der Waals surface area contributed by atoms with Gasteiger partial charge in [0.25, 0.3) is 5.91 Å². The zero-order chi connectivity index (χ0) is 17.0. The topological polar surface area (TPSA) is 90.7 Å². The van der Waals surface area contributed by atoms with Gasteiger partial charge in [-0.25, -0.2) is 4.79 Å². The number of hydrogen-bond acceptors (Lipinski definition) is 6. The van der Waals surface area contributed by atoms with Crippen LogP contribution in [0.4, 0.5) is 5.69 Å². The molecule has 2 rings (SSSR count). The van der Waals surface area contributed by atoms with E-state index in [1.165, 1.54) is 6.92 Å². The number of ether oxygens (including phenoxy) is 2. The van der Waals surface area contributed by atoms with E-state index in [0.717, 1.165) is 0 Å². The van der Waals surface area contributed by atoms with Crippen LogP contribution in [-0.4, -0.2) is 30.2 Å². The predicted octanol–water partition coefficient (Wildman–Crippen LogP) is 2.48. The number of hydrogen-bond donors (Lipinski definition) is 1. The predicted molar refractivity (Wildman–Crippen MR) is 82.5 cm³/mol. The minimum absolute atomic E-state index is 0.245. The van der Waals surface area contributed by atoms with E-state index in [-0.39, 0.29) is 5.56 Å². The summed E-state index contributed by atoms with van der Waals surface area (Å²) in [7, 11) is 1.56. The van der Waals surface area contributed by atoms with Crippen molar-refractivity contribution in [2.75, 3.05) is 12.4 Å². The summed E-state index contributed by atoms with van der Waals surface area (Å²) in [5, 5.41) is 6.35. The number of carbonyl (C=O) groups is 2. The molecule has 0 unspecified atom stereocenters. The van der Waals surface area contributed by atoms with Crippen LogP contribution < -0.4 is 10.1 Å². The van der Waals surface area contributed by atoms with E-state index in [9.17, 15) is 9.59 Å². The van der Waals surface area contributed by atoms with Gasteiger partial charge < -0.3 is 19.3 Å². The van der Waals surface area contributed by atoms with Crippen LogP contribution in [0.3, 0.4) is 0 Å². The Hall–Kier alpha value is -2.83. The Morgan fingerprint density at radius 3 is 2.39 bits per heavy atom. The Kier molecular flexibility index (Phi) is 5.00. The van der Waals surface area contributed by atoms with Gasteiger partial charge >= 0.3 is 5.97 Å². The van der Waals surface area contributed by atoms with Crippen molar-refractivity contribution in [2.24, 2.45) is 0 Å². The highest BCUT2D eigenvalue weighted by atomic mass is 16.5.